The highest BCUT2D eigenvalue weighted by molar-refractivity contribution is 7.90. The Balaban J connectivity index is 1.60. The van der Waals surface area contributed by atoms with Gasteiger partial charge in [-0.2, -0.15) is 18.3 Å². The lowest BCUT2D eigenvalue weighted by Gasteiger charge is -2.31. The minimum Gasteiger partial charge on any atom is -0.579 e. The zero-order valence-corrected chi connectivity index (χ0v) is 27.3. The van der Waals surface area contributed by atoms with E-state index in [-0.39, 0.29) is 29.4 Å². The van der Waals surface area contributed by atoms with Crippen molar-refractivity contribution in [1.82, 2.24) is 19.5 Å². The number of carbonyl (C=O) groups is 2. The van der Waals surface area contributed by atoms with Gasteiger partial charge in [0.25, 0.3) is 16.3 Å². The molecule has 258 valence electrons. The van der Waals surface area contributed by atoms with Gasteiger partial charge in [-0.05, 0) is 65.0 Å². The number of hydrogen-bond acceptors (Lipinski definition) is 11. The Kier molecular flexibility index (Phi) is 12.0. The number of rotatable bonds is 12. The van der Waals surface area contributed by atoms with Crippen LogP contribution in [0.5, 0.6) is 0 Å². The highest BCUT2D eigenvalue weighted by Crippen LogP contribution is 2.33. The van der Waals surface area contributed by atoms with E-state index >= 15 is 0 Å². The maximum absolute atomic E-state index is 13.5. The first-order chi connectivity index (χ1) is 21.8. The molecular formula is C29H36F3N5O9S. The summed E-state index contributed by atoms with van der Waals surface area (Å²) < 4.78 is 83.6. The summed E-state index contributed by atoms with van der Waals surface area (Å²) in [6.45, 7) is 9.12. The van der Waals surface area contributed by atoms with E-state index in [4.69, 9.17) is 19.0 Å². The van der Waals surface area contributed by atoms with E-state index in [9.17, 15) is 36.4 Å². The number of quaternary nitrogens is 1. The SMILES string of the molecule is CCN(CCOC(=O)NS(=O)(=O)c1ccc(-n2nc(C(F)(F)F)cc2-c2ccc(C)cc2)cc1)[NH+]([O-])OC(C)OC(=O)OC(C)(C)C. The summed E-state index contributed by atoms with van der Waals surface area (Å²) in [5.41, 5.74) is -0.328. The predicted molar refractivity (Wildman–Crippen MR) is 160 cm³/mol. The van der Waals surface area contributed by atoms with Crippen LogP contribution >= 0.6 is 0 Å². The smallest absolute Gasteiger partial charge is 0.511 e. The Hall–Kier alpha value is -4.23. The fourth-order valence-electron chi connectivity index (χ4n) is 3.89. The lowest BCUT2D eigenvalue weighted by atomic mass is 10.1. The van der Waals surface area contributed by atoms with Crippen LogP contribution in [0, 0.1) is 12.1 Å². The zero-order chi connectivity index (χ0) is 35.2. The summed E-state index contributed by atoms with van der Waals surface area (Å²) in [5, 5.41) is 16.3. The molecule has 1 heterocycles. The molecule has 2 unspecified atom stereocenters. The number of nitrogens with one attached hydrogen (secondary N) is 2. The number of aromatic nitrogens is 2. The number of ether oxygens (including phenoxy) is 3. The molecule has 2 atom stereocenters. The molecule has 0 radical (unpaired) electrons. The van der Waals surface area contributed by atoms with Crippen molar-refractivity contribution in [1.29, 1.82) is 0 Å². The molecule has 0 bridgehead atoms. The first-order valence-electron chi connectivity index (χ1n) is 14.2. The molecule has 47 heavy (non-hydrogen) atoms. The third-order valence-electron chi connectivity index (χ3n) is 6.11. The number of benzene rings is 2. The van der Waals surface area contributed by atoms with Crippen LogP contribution < -0.4 is 10.1 Å². The van der Waals surface area contributed by atoms with Gasteiger partial charge in [0.05, 0.1) is 22.8 Å². The molecule has 3 rings (SSSR count). The maximum atomic E-state index is 13.5. The Morgan fingerprint density at radius 1 is 1.09 bits per heavy atom. The van der Waals surface area contributed by atoms with Crippen LogP contribution in [0.1, 0.15) is 45.9 Å². The van der Waals surface area contributed by atoms with Gasteiger partial charge in [-0.1, -0.05) is 29.8 Å². The van der Waals surface area contributed by atoms with Gasteiger partial charge < -0.3 is 19.4 Å². The average Bonchev–Trinajstić information content (AvgIpc) is 3.41. The Labute approximate surface area is 269 Å². The molecule has 0 aliphatic carbocycles. The van der Waals surface area contributed by atoms with Gasteiger partial charge >= 0.3 is 18.4 Å². The lowest BCUT2D eigenvalue weighted by Crippen LogP contribution is -3.14. The minimum absolute atomic E-state index is 0.111. The van der Waals surface area contributed by atoms with E-state index in [0.29, 0.717) is 5.56 Å². The first kappa shape index (κ1) is 37.2. The molecule has 0 saturated heterocycles. The number of carbonyl (C=O) groups excluding carboxylic acids is 2. The molecule has 0 fully saturated rings. The van der Waals surface area contributed by atoms with Crippen molar-refractivity contribution in [3.63, 3.8) is 0 Å². The van der Waals surface area contributed by atoms with Crippen molar-refractivity contribution in [2.75, 3.05) is 19.7 Å². The Bertz CT molecular complexity index is 1620. The van der Waals surface area contributed by atoms with Gasteiger partial charge in [0.2, 0.25) is 0 Å². The third kappa shape index (κ3) is 10.9. The number of amides is 1. The van der Waals surface area contributed by atoms with Gasteiger partial charge in [0.1, 0.15) is 12.2 Å². The van der Waals surface area contributed by atoms with E-state index in [0.717, 1.165) is 33.5 Å². The van der Waals surface area contributed by atoms with Crippen molar-refractivity contribution in [2.45, 2.75) is 64.5 Å². The number of halogens is 3. The normalized spacial score (nSPS) is 13.6. The number of alkyl halides is 3. The number of nitrogens with zero attached hydrogens (tertiary/aromatic N) is 3. The molecule has 18 heteroatoms. The summed E-state index contributed by atoms with van der Waals surface area (Å²) in [4.78, 5) is 28.6. The van der Waals surface area contributed by atoms with Crippen molar-refractivity contribution in [3.05, 3.63) is 71.1 Å². The molecule has 0 spiro atoms. The molecule has 3 aromatic rings. The van der Waals surface area contributed by atoms with E-state index < -0.39 is 58.0 Å². The van der Waals surface area contributed by atoms with E-state index in [1.165, 1.54) is 19.1 Å². The molecular weight excluding hydrogens is 651 g/mol. The molecule has 1 amide bonds. The lowest BCUT2D eigenvalue weighted by molar-refractivity contribution is -1.15. The zero-order valence-electron chi connectivity index (χ0n) is 26.5. The number of sulfonamides is 1. The molecule has 2 N–H and O–H groups in total. The molecule has 0 aliphatic rings. The molecule has 0 saturated carbocycles. The summed E-state index contributed by atoms with van der Waals surface area (Å²) >= 11 is 0. The fraction of sp³-hybridized carbons (Fsp3) is 0.414. The Morgan fingerprint density at radius 2 is 1.70 bits per heavy atom. The maximum Gasteiger partial charge on any atom is 0.511 e. The van der Waals surface area contributed by atoms with Gasteiger partial charge in [-0.15, -0.1) is 15.2 Å². The number of hydrogen-bond donors (Lipinski definition) is 2. The van der Waals surface area contributed by atoms with Crippen LogP contribution in [-0.2, 0) is 35.2 Å². The van der Waals surface area contributed by atoms with Crippen molar-refractivity contribution in [2.24, 2.45) is 0 Å². The van der Waals surface area contributed by atoms with Gasteiger partial charge in [0.15, 0.2) is 5.69 Å². The van der Waals surface area contributed by atoms with Crippen LogP contribution in [-0.4, -0.2) is 67.0 Å². The van der Waals surface area contributed by atoms with E-state index in [1.807, 2.05) is 6.92 Å². The molecule has 2 aromatic carbocycles. The highest BCUT2D eigenvalue weighted by Gasteiger charge is 2.35. The third-order valence-corrected chi connectivity index (χ3v) is 7.44. The van der Waals surface area contributed by atoms with E-state index in [2.05, 4.69) is 5.10 Å². The van der Waals surface area contributed by atoms with Gasteiger partial charge in [-0.25, -0.2) is 27.4 Å². The second kappa shape index (κ2) is 15.1. The second-order valence-corrected chi connectivity index (χ2v) is 12.7. The average molecular weight is 688 g/mol. The quantitative estimate of drug-likeness (QED) is 0.160. The van der Waals surface area contributed by atoms with Crippen LogP contribution in [0.4, 0.5) is 22.8 Å². The largest absolute Gasteiger partial charge is 0.579 e. The fourth-order valence-corrected chi connectivity index (χ4v) is 4.78. The minimum atomic E-state index is -4.72. The van der Waals surface area contributed by atoms with Gasteiger partial charge in [-0.3, -0.25) is 0 Å². The second-order valence-electron chi connectivity index (χ2n) is 11.0. The van der Waals surface area contributed by atoms with Gasteiger partial charge in [0, 0.05) is 19.0 Å². The number of aryl methyl sites for hydroxylation is 1. The van der Waals surface area contributed by atoms with Crippen LogP contribution in [0.15, 0.2) is 59.5 Å². The van der Waals surface area contributed by atoms with E-state index in [1.54, 1.807) is 56.7 Å². The van der Waals surface area contributed by atoms with Crippen molar-refractivity contribution < 1.29 is 55.6 Å². The predicted octanol–water partition coefficient (Wildman–Crippen LogP) is 4.13. The summed E-state index contributed by atoms with van der Waals surface area (Å²) in [5.74, 6) is 0. The van der Waals surface area contributed by atoms with Crippen LogP contribution in [0.2, 0.25) is 0 Å². The summed E-state index contributed by atoms with van der Waals surface area (Å²) in [7, 11) is -4.46. The topological polar surface area (TPSA) is 166 Å². The Morgan fingerprint density at radius 3 is 2.26 bits per heavy atom. The summed E-state index contributed by atoms with van der Waals surface area (Å²) in [6, 6.07) is 12.3. The molecule has 14 nitrogen and oxygen atoms in total. The van der Waals surface area contributed by atoms with Crippen LogP contribution in [0.25, 0.3) is 16.9 Å². The summed E-state index contributed by atoms with van der Waals surface area (Å²) in [6.07, 6.45) is -8.40. The standard InChI is InChI=1S/C29H36F3N5O9S/c1-7-35(37(40)46-20(3)44-27(39)45-28(4,5)6)16-17-43-26(38)34-47(41,42)23-14-12-22(13-15-23)36-24(18-25(33-36)29(30,31)32)21-10-8-19(2)9-11-21/h8-15,18,20,37H,7,16-17H2,1-6H3,(H,34,38). The van der Waals surface area contributed by atoms with Crippen molar-refractivity contribution >= 4 is 22.3 Å². The van der Waals surface area contributed by atoms with Crippen molar-refractivity contribution in [3.8, 4) is 16.9 Å². The monoisotopic (exact) mass is 687 g/mol. The molecule has 0 aliphatic heterocycles. The first-order valence-corrected chi connectivity index (χ1v) is 15.7. The highest BCUT2D eigenvalue weighted by atomic mass is 32.2. The van der Waals surface area contributed by atoms with Crippen LogP contribution in [0.3, 0.4) is 0 Å². The number of likely N-dealkylation sites (N-methyl/N-ethyl adjacent to an activating group) is 1. The molecule has 1 aromatic heterocycles.